The van der Waals surface area contributed by atoms with Crippen LogP contribution >= 0.6 is 11.3 Å². The van der Waals surface area contributed by atoms with Crippen molar-refractivity contribution in [2.75, 3.05) is 19.0 Å². The quantitative estimate of drug-likeness (QED) is 0.882. The highest BCUT2D eigenvalue weighted by Gasteiger charge is 2.31. The van der Waals surface area contributed by atoms with Crippen LogP contribution in [0, 0.1) is 6.92 Å². The van der Waals surface area contributed by atoms with Crippen molar-refractivity contribution in [3.63, 3.8) is 0 Å². The Kier molecular flexibility index (Phi) is 5.76. The first-order valence-corrected chi connectivity index (χ1v) is 9.97. The van der Waals surface area contributed by atoms with Crippen LogP contribution in [0.3, 0.4) is 0 Å². The lowest BCUT2D eigenvalue weighted by molar-refractivity contribution is -0.0419. The molecule has 6 heteroatoms. The molecule has 5 nitrogen and oxygen atoms in total. The Morgan fingerprint density at radius 2 is 1.83 bits per heavy atom. The molecular formula is C18H29N3O2S. The number of aryl methyl sites for hydroxylation is 1. The number of ether oxygens (including phenoxy) is 1. The molecule has 0 spiro atoms. The Bertz CT molecular complexity index is 567. The van der Waals surface area contributed by atoms with Crippen LogP contribution in [-0.2, 0) is 4.74 Å². The number of aromatic nitrogens is 1. The lowest BCUT2D eigenvalue weighted by atomic mass is 9.92. The summed E-state index contributed by atoms with van der Waals surface area (Å²) in [5, 5.41) is 4.12. The van der Waals surface area contributed by atoms with Gasteiger partial charge in [0.05, 0.1) is 23.9 Å². The predicted octanol–water partition coefficient (Wildman–Crippen LogP) is 3.52. The molecule has 134 valence electrons. The summed E-state index contributed by atoms with van der Waals surface area (Å²) in [4.78, 5) is 19.9. The summed E-state index contributed by atoms with van der Waals surface area (Å²) in [6, 6.07) is 0.135. The fourth-order valence-corrected chi connectivity index (χ4v) is 4.61. The molecular weight excluding hydrogens is 322 g/mol. The summed E-state index contributed by atoms with van der Waals surface area (Å²) < 4.78 is 6.34. The number of carbonyl (C=O) groups is 1. The second kappa shape index (κ2) is 7.83. The first-order valence-electron chi connectivity index (χ1n) is 9.15. The van der Waals surface area contributed by atoms with Crippen molar-refractivity contribution in [1.29, 1.82) is 0 Å². The van der Waals surface area contributed by atoms with Gasteiger partial charge in [-0.2, -0.15) is 0 Å². The number of nitrogens with zero attached hydrogens (tertiary/aromatic N) is 2. The molecule has 0 saturated heterocycles. The topological polar surface area (TPSA) is 54.5 Å². The number of nitrogens with one attached hydrogen (secondary N) is 1. The summed E-state index contributed by atoms with van der Waals surface area (Å²) in [6.45, 7) is 1.91. The molecule has 2 saturated carbocycles. The van der Waals surface area contributed by atoms with E-state index in [1.54, 1.807) is 0 Å². The first-order chi connectivity index (χ1) is 11.5. The number of hydrogen-bond acceptors (Lipinski definition) is 5. The molecule has 1 heterocycles. The van der Waals surface area contributed by atoms with Gasteiger partial charge in [0, 0.05) is 14.1 Å². The molecule has 2 atom stereocenters. The Morgan fingerprint density at radius 3 is 2.50 bits per heavy atom. The lowest BCUT2D eigenvalue weighted by Crippen LogP contribution is -2.47. The maximum Gasteiger partial charge on any atom is 0.263 e. The first kappa shape index (κ1) is 17.7. The largest absolute Gasteiger partial charge is 0.373 e. The van der Waals surface area contributed by atoms with Crippen LogP contribution in [0.15, 0.2) is 0 Å². The Balaban J connectivity index is 1.64. The third-order valence-electron chi connectivity index (χ3n) is 5.06. The van der Waals surface area contributed by atoms with E-state index in [0.717, 1.165) is 28.5 Å². The van der Waals surface area contributed by atoms with Gasteiger partial charge in [-0.1, -0.05) is 37.0 Å². The molecule has 2 aliphatic carbocycles. The zero-order valence-corrected chi connectivity index (χ0v) is 15.8. The van der Waals surface area contributed by atoms with E-state index in [9.17, 15) is 4.79 Å². The second-order valence-electron chi connectivity index (χ2n) is 7.25. The van der Waals surface area contributed by atoms with Crippen molar-refractivity contribution in [2.45, 2.75) is 76.5 Å². The molecule has 1 N–H and O–H groups in total. The van der Waals surface area contributed by atoms with Gasteiger partial charge in [0.15, 0.2) is 5.13 Å². The number of carbonyl (C=O) groups excluding carboxylic acids is 1. The summed E-state index contributed by atoms with van der Waals surface area (Å²) >= 11 is 1.46. The van der Waals surface area contributed by atoms with Crippen LogP contribution in [0.2, 0.25) is 0 Å². The van der Waals surface area contributed by atoms with Gasteiger partial charge >= 0.3 is 0 Å². The molecule has 3 rings (SSSR count). The van der Waals surface area contributed by atoms with Crippen LogP contribution in [0.1, 0.15) is 66.7 Å². The van der Waals surface area contributed by atoms with E-state index >= 15 is 0 Å². The van der Waals surface area contributed by atoms with E-state index in [1.165, 1.54) is 49.9 Å². The Labute approximate surface area is 148 Å². The van der Waals surface area contributed by atoms with E-state index in [2.05, 4.69) is 10.3 Å². The van der Waals surface area contributed by atoms with Crippen molar-refractivity contribution in [1.82, 2.24) is 10.3 Å². The van der Waals surface area contributed by atoms with E-state index in [1.807, 2.05) is 25.9 Å². The monoisotopic (exact) mass is 351 g/mol. The van der Waals surface area contributed by atoms with Crippen LogP contribution in [0.5, 0.6) is 0 Å². The fourth-order valence-electron chi connectivity index (χ4n) is 3.71. The molecule has 24 heavy (non-hydrogen) atoms. The van der Waals surface area contributed by atoms with E-state index in [-0.39, 0.29) is 18.1 Å². The summed E-state index contributed by atoms with van der Waals surface area (Å²) in [7, 11) is 3.90. The number of rotatable bonds is 5. The number of anilines is 1. The van der Waals surface area contributed by atoms with Crippen LogP contribution in [-0.4, -0.2) is 43.2 Å². The molecule has 1 aromatic heterocycles. The van der Waals surface area contributed by atoms with Gasteiger partial charge in [0.1, 0.15) is 4.88 Å². The molecule has 0 aromatic carbocycles. The highest BCUT2D eigenvalue weighted by molar-refractivity contribution is 7.17. The van der Waals surface area contributed by atoms with E-state index in [0.29, 0.717) is 6.10 Å². The highest BCUT2D eigenvalue weighted by atomic mass is 32.1. The lowest BCUT2D eigenvalue weighted by Gasteiger charge is -2.34. The van der Waals surface area contributed by atoms with Gasteiger partial charge < -0.3 is 15.0 Å². The van der Waals surface area contributed by atoms with Crippen molar-refractivity contribution in [3.8, 4) is 0 Å². The summed E-state index contributed by atoms with van der Waals surface area (Å²) in [6.07, 6.45) is 9.94. The summed E-state index contributed by atoms with van der Waals surface area (Å²) in [5.74, 6) is 0.00465. The van der Waals surface area contributed by atoms with Gasteiger partial charge in [-0.25, -0.2) is 4.98 Å². The van der Waals surface area contributed by atoms with Crippen molar-refractivity contribution < 1.29 is 9.53 Å². The van der Waals surface area contributed by atoms with Crippen molar-refractivity contribution in [3.05, 3.63) is 10.6 Å². The fraction of sp³-hybridized carbons (Fsp3) is 0.778. The normalized spacial score (nSPS) is 25.0. The minimum atomic E-state index is 0.00465. The number of thiazole rings is 1. The zero-order chi connectivity index (χ0) is 17.1. The molecule has 0 unspecified atom stereocenters. The molecule has 0 aliphatic heterocycles. The van der Waals surface area contributed by atoms with E-state index < -0.39 is 0 Å². The third kappa shape index (κ3) is 4.09. The van der Waals surface area contributed by atoms with Crippen LogP contribution in [0.25, 0.3) is 0 Å². The molecule has 1 aromatic rings. The number of hydrogen-bond donors (Lipinski definition) is 1. The highest BCUT2D eigenvalue weighted by Crippen LogP contribution is 2.29. The smallest absolute Gasteiger partial charge is 0.263 e. The Morgan fingerprint density at radius 1 is 1.17 bits per heavy atom. The third-order valence-corrected chi connectivity index (χ3v) is 6.39. The molecule has 2 aliphatic rings. The average Bonchev–Trinajstić information content (AvgIpc) is 3.18. The maximum atomic E-state index is 12.7. The zero-order valence-electron chi connectivity index (χ0n) is 15.0. The second-order valence-corrected chi connectivity index (χ2v) is 8.23. The van der Waals surface area contributed by atoms with E-state index in [4.69, 9.17) is 4.74 Å². The predicted molar refractivity (Wildman–Crippen MR) is 98.0 cm³/mol. The number of amides is 1. The minimum Gasteiger partial charge on any atom is -0.373 e. The average molecular weight is 352 g/mol. The van der Waals surface area contributed by atoms with Gasteiger partial charge in [0.2, 0.25) is 0 Å². The molecule has 0 radical (unpaired) electrons. The molecule has 2 fully saturated rings. The van der Waals surface area contributed by atoms with Crippen molar-refractivity contribution >= 4 is 22.4 Å². The standard InChI is InChI=1S/C18H29N3O2S/c1-12-16(24-18(19-12)21(2)3)17(22)20-14-10-6-7-11-15(14)23-13-8-4-5-9-13/h13-15H,4-11H2,1-3H3,(H,20,22)/t14-,15-/m1/s1. The minimum absolute atomic E-state index is 0.00465. The maximum absolute atomic E-state index is 12.7. The molecule has 0 bridgehead atoms. The van der Waals surface area contributed by atoms with Gasteiger partial charge in [-0.05, 0) is 32.6 Å². The van der Waals surface area contributed by atoms with Crippen LogP contribution in [0.4, 0.5) is 5.13 Å². The van der Waals surface area contributed by atoms with Gasteiger partial charge in [-0.3, -0.25) is 4.79 Å². The van der Waals surface area contributed by atoms with Crippen LogP contribution < -0.4 is 10.2 Å². The SMILES string of the molecule is Cc1nc(N(C)C)sc1C(=O)N[C@@H]1CCCC[C@H]1OC1CCCC1. The Hall–Kier alpha value is -1.14. The van der Waals surface area contributed by atoms with Crippen molar-refractivity contribution in [2.24, 2.45) is 0 Å². The molecule has 1 amide bonds. The summed E-state index contributed by atoms with van der Waals surface area (Å²) in [5.41, 5.74) is 0.810. The van der Waals surface area contributed by atoms with Gasteiger partial charge in [0.25, 0.3) is 5.91 Å². The van der Waals surface area contributed by atoms with Gasteiger partial charge in [-0.15, -0.1) is 0 Å².